The summed E-state index contributed by atoms with van der Waals surface area (Å²) in [6.07, 6.45) is 3.75. The Morgan fingerprint density at radius 1 is 1.53 bits per heavy atom. The highest BCUT2D eigenvalue weighted by Crippen LogP contribution is 2.38. The quantitative estimate of drug-likeness (QED) is 0.900. The Labute approximate surface area is 107 Å². The predicted molar refractivity (Wildman–Crippen MR) is 72.8 cm³/mol. The first-order valence-corrected chi connectivity index (χ1v) is 7.19. The van der Waals surface area contributed by atoms with Gasteiger partial charge in [-0.2, -0.15) is 0 Å². The van der Waals surface area contributed by atoms with Crippen LogP contribution in [-0.4, -0.2) is 22.7 Å². The van der Waals surface area contributed by atoms with Crippen molar-refractivity contribution in [3.8, 4) is 0 Å². The number of nitrogens with zero attached hydrogens (tertiary/aromatic N) is 2. The summed E-state index contributed by atoms with van der Waals surface area (Å²) in [5, 5.41) is 11.0. The number of thiazole rings is 1. The van der Waals surface area contributed by atoms with Crippen LogP contribution in [0.2, 0.25) is 0 Å². The first kappa shape index (κ1) is 12.8. The maximum atomic E-state index is 9.97. The van der Waals surface area contributed by atoms with Gasteiger partial charge < -0.3 is 10.0 Å². The molecule has 0 saturated carbocycles. The van der Waals surface area contributed by atoms with E-state index >= 15 is 0 Å². The molecule has 2 rings (SSSR count). The molecule has 0 bridgehead atoms. The number of aliphatic hydroxyl groups excluding tert-OH is 1. The fourth-order valence-electron chi connectivity index (χ4n) is 2.02. The summed E-state index contributed by atoms with van der Waals surface area (Å²) in [4.78, 5) is 8.03. The van der Waals surface area contributed by atoms with Gasteiger partial charge in [-0.25, -0.2) is 4.98 Å². The van der Waals surface area contributed by atoms with E-state index in [2.05, 4.69) is 32.7 Å². The van der Waals surface area contributed by atoms with Crippen molar-refractivity contribution in [3.63, 3.8) is 0 Å². The smallest absolute Gasteiger partial charge is 0.186 e. The topological polar surface area (TPSA) is 36.4 Å². The maximum absolute atomic E-state index is 9.97. The molecule has 1 heterocycles. The van der Waals surface area contributed by atoms with Gasteiger partial charge in [0, 0.05) is 12.6 Å². The molecule has 1 aromatic rings. The van der Waals surface area contributed by atoms with E-state index in [-0.39, 0.29) is 11.6 Å². The number of aryl methyl sites for hydroxylation is 1. The summed E-state index contributed by atoms with van der Waals surface area (Å²) >= 11 is 1.66. The van der Waals surface area contributed by atoms with Crippen LogP contribution in [0.5, 0.6) is 0 Å². The van der Waals surface area contributed by atoms with E-state index in [0.29, 0.717) is 0 Å². The molecule has 0 amide bonds. The van der Waals surface area contributed by atoms with Crippen LogP contribution in [0.1, 0.15) is 56.7 Å². The molecule has 1 aliphatic rings. The molecule has 1 unspecified atom stereocenters. The number of fused-ring (bicyclic) bond motifs is 1. The third-order valence-corrected chi connectivity index (χ3v) is 5.25. The van der Waals surface area contributed by atoms with Gasteiger partial charge in [0.1, 0.15) is 0 Å². The lowest BCUT2D eigenvalue weighted by Crippen LogP contribution is -2.40. The summed E-state index contributed by atoms with van der Waals surface area (Å²) in [7, 11) is 2.10. The van der Waals surface area contributed by atoms with Gasteiger partial charge in [0.2, 0.25) is 0 Å². The van der Waals surface area contributed by atoms with Crippen molar-refractivity contribution in [2.45, 2.75) is 58.1 Å². The Hall–Kier alpha value is -0.610. The van der Waals surface area contributed by atoms with E-state index in [1.807, 2.05) is 0 Å². The molecule has 0 spiro atoms. The van der Waals surface area contributed by atoms with Crippen molar-refractivity contribution < 1.29 is 5.11 Å². The molecule has 96 valence electrons. The Bertz CT molecular complexity index is 400. The lowest BCUT2D eigenvalue weighted by atomic mass is 10.0. The molecule has 17 heavy (non-hydrogen) atoms. The zero-order chi connectivity index (χ0) is 12.6. The van der Waals surface area contributed by atoms with E-state index in [1.165, 1.54) is 0 Å². The summed E-state index contributed by atoms with van der Waals surface area (Å²) in [6.45, 7) is 6.65. The fourth-order valence-corrected chi connectivity index (χ4v) is 3.28. The first-order valence-electron chi connectivity index (χ1n) is 6.37. The molecule has 1 aliphatic carbocycles. The second-order valence-corrected chi connectivity index (χ2v) is 6.45. The van der Waals surface area contributed by atoms with Crippen LogP contribution in [0.15, 0.2) is 0 Å². The Balaban J connectivity index is 2.29. The number of aliphatic hydroxyl groups is 1. The van der Waals surface area contributed by atoms with Gasteiger partial charge in [-0.15, -0.1) is 0 Å². The molecule has 1 N–H and O–H groups in total. The van der Waals surface area contributed by atoms with E-state index in [9.17, 15) is 5.11 Å². The predicted octanol–water partition coefficient (Wildman–Crippen LogP) is 3.14. The maximum Gasteiger partial charge on any atom is 0.186 e. The molecule has 4 heteroatoms. The average Bonchev–Trinajstić information content (AvgIpc) is 2.73. The van der Waals surface area contributed by atoms with Crippen LogP contribution in [0.4, 0.5) is 5.13 Å². The van der Waals surface area contributed by atoms with Crippen LogP contribution >= 0.6 is 11.3 Å². The minimum absolute atomic E-state index is 0.116. The third-order valence-electron chi connectivity index (χ3n) is 3.97. The summed E-state index contributed by atoms with van der Waals surface area (Å²) in [5.41, 5.74) is 1.23. The van der Waals surface area contributed by atoms with E-state index in [1.54, 1.807) is 11.3 Å². The van der Waals surface area contributed by atoms with Gasteiger partial charge in [0.05, 0.1) is 16.7 Å². The number of hydrogen-bond donors (Lipinski definition) is 1. The molecular weight excluding hydrogens is 232 g/mol. The molecular formula is C13H22N2OS. The molecule has 0 aromatic carbocycles. The van der Waals surface area contributed by atoms with Crippen molar-refractivity contribution >= 4 is 16.5 Å². The number of rotatable bonds is 3. The minimum atomic E-state index is -0.289. The summed E-state index contributed by atoms with van der Waals surface area (Å²) in [6, 6.07) is 0. The van der Waals surface area contributed by atoms with Gasteiger partial charge in [-0.3, -0.25) is 0 Å². The van der Waals surface area contributed by atoms with Crippen LogP contribution in [0.25, 0.3) is 0 Å². The lowest BCUT2D eigenvalue weighted by molar-refractivity contribution is 0.160. The molecule has 1 atom stereocenters. The normalized spacial score (nSPS) is 20.2. The second kappa shape index (κ2) is 4.58. The Morgan fingerprint density at radius 2 is 2.24 bits per heavy atom. The second-order valence-electron chi connectivity index (χ2n) is 5.44. The van der Waals surface area contributed by atoms with Crippen LogP contribution < -0.4 is 4.90 Å². The number of aromatic nitrogens is 1. The number of hydrogen-bond acceptors (Lipinski definition) is 4. The van der Waals surface area contributed by atoms with Gasteiger partial charge in [0.25, 0.3) is 0 Å². The summed E-state index contributed by atoms with van der Waals surface area (Å²) in [5.74, 6) is 0. The highest BCUT2D eigenvalue weighted by atomic mass is 32.1. The standard InChI is InChI=1S/C13H22N2OS/c1-5-13(2,3)15(4)12-14-9-7-6-8-10(16)11(9)17-12/h10,16H,5-8H2,1-4H3. The highest BCUT2D eigenvalue weighted by molar-refractivity contribution is 7.15. The lowest BCUT2D eigenvalue weighted by Gasteiger charge is -2.34. The summed E-state index contributed by atoms with van der Waals surface area (Å²) < 4.78 is 0. The van der Waals surface area contributed by atoms with Crippen molar-refractivity contribution in [2.24, 2.45) is 0 Å². The molecule has 1 aromatic heterocycles. The van der Waals surface area contributed by atoms with Crippen LogP contribution in [0, 0.1) is 0 Å². The molecule has 0 fully saturated rings. The fraction of sp³-hybridized carbons (Fsp3) is 0.769. The minimum Gasteiger partial charge on any atom is -0.388 e. The first-order chi connectivity index (χ1) is 7.95. The Morgan fingerprint density at radius 3 is 2.82 bits per heavy atom. The van der Waals surface area contributed by atoms with Crippen molar-refractivity contribution in [1.29, 1.82) is 0 Å². The molecule has 3 nitrogen and oxygen atoms in total. The molecule has 0 radical (unpaired) electrons. The largest absolute Gasteiger partial charge is 0.388 e. The van der Waals surface area contributed by atoms with Crippen molar-refractivity contribution in [2.75, 3.05) is 11.9 Å². The Kier molecular flexibility index (Phi) is 3.46. The van der Waals surface area contributed by atoms with E-state index in [0.717, 1.165) is 41.4 Å². The monoisotopic (exact) mass is 254 g/mol. The van der Waals surface area contributed by atoms with Gasteiger partial charge in [0.15, 0.2) is 5.13 Å². The van der Waals surface area contributed by atoms with E-state index in [4.69, 9.17) is 4.98 Å². The van der Waals surface area contributed by atoms with Gasteiger partial charge in [-0.05, 0) is 39.5 Å². The number of anilines is 1. The molecule has 0 saturated heterocycles. The van der Waals surface area contributed by atoms with Gasteiger partial charge >= 0.3 is 0 Å². The zero-order valence-corrected chi connectivity index (χ0v) is 12.0. The van der Waals surface area contributed by atoms with Crippen LogP contribution in [0.3, 0.4) is 0 Å². The SMILES string of the molecule is CCC(C)(C)N(C)c1nc2c(s1)C(O)CCC2. The highest BCUT2D eigenvalue weighted by Gasteiger charge is 2.28. The van der Waals surface area contributed by atoms with Crippen molar-refractivity contribution in [1.82, 2.24) is 4.98 Å². The van der Waals surface area contributed by atoms with Crippen LogP contribution in [-0.2, 0) is 6.42 Å². The van der Waals surface area contributed by atoms with Gasteiger partial charge in [-0.1, -0.05) is 18.3 Å². The van der Waals surface area contributed by atoms with E-state index < -0.39 is 0 Å². The average molecular weight is 254 g/mol. The van der Waals surface area contributed by atoms with Crippen molar-refractivity contribution in [3.05, 3.63) is 10.6 Å². The third kappa shape index (κ3) is 2.33. The molecule has 0 aliphatic heterocycles. The zero-order valence-electron chi connectivity index (χ0n) is 11.2.